The first kappa shape index (κ1) is 13.5. The fourth-order valence-corrected chi connectivity index (χ4v) is 3.79. The van der Waals surface area contributed by atoms with E-state index in [1.54, 1.807) is 0 Å². The van der Waals surface area contributed by atoms with Gasteiger partial charge in [0.05, 0.1) is 5.52 Å². The molecular formula is C23H17N. The highest BCUT2D eigenvalue weighted by Crippen LogP contribution is 2.38. The number of benzene rings is 3. The van der Waals surface area contributed by atoms with Crippen molar-refractivity contribution in [1.82, 2.24) is 4.98 Å². The van der Waals surface area contributed by atoms with E-state index < -0.39 is 0 Å². The molecule has 0 saturated heterocycles. The Morgan fingerprint density at radius 3 is 2.54 bits per heavy atom. The number of fused-ring (bicyclic) bond motifs is 4. The van der Waals surface area contributed by atoms with E-state index in [1.807, 2.05) is 0 Å². The number of hydrogen-bond acceptors (Lipinski definition) is 1. The third-order valence-electron chi connectivity index (χ3n) is 4.98. The van der Waals surface area contributed by atoms with E-state index in [-0.39, 0.29) is 0 Å². The summed E-state index contributed by atoms with van der Waals surface area (Å²) in [5.74, 6) is 0. The Hall–Kier alpha value is -2.93. The molecule has 24 heavy (non-hydrogen) atoms. The lowest BCUT2D eigenvalue weighted by Crippen LogP contribution is -1.97. The Kier molecular flexibility index (Phi) is 2.99. The molecule has 0 N–H and O–H groups in total. The SMILES string of the molecule is c1ccc2c(c1)Cc1c(Cc3ccc4ccccc4n3)cccc1-2. The predicted molar refractivity (Wildman–Crippen MR) is 99.2 cm³/mol. The quantitative estimate of drug-likeness (QED) is 0.426. The van der Waals surface area contributed by atoms with Gasteiger partial charge in [0.1, 0.15) is 0 Å². The predicted octanol–water partition coefficient (Wildman–Crippen LogP) is 5.40. The molecule has 0 atom stereocenters. The number of aromatic nitrogens is 1. The Bertz CT molecular complexity index is 1060. The van der Waals surface area contributed by atoms with Crippen LogP contribution in [0.5, 0.6) is 0 Å². The lowest BCUT2D eigenvalue weighted by Gasteiger charge is -2.09. The van der Waals surface area contributed by atoms with Gasteiger partial charge in [-0.15, -0.1) is 0 Å². The molecule has 1 aliphatic carbocycles. The molecule has 0 fully saturated rings. The molecule has 1 aliphatic rings. The van der Waals surface area contributed by atoms with Crippen LogP contribution in [0.15, 0.2) is 78.9 Å². The zero-order valence-corrected chi connectivity index (χ0v) is 13.4. The second kappa shape index (κ2) is 5.31. The van der Waals surface area contributed by atoms with Crippen LogP contribution in [0, 0.1) is 0 Å². The first-order valence-corrected chi connectivity index (χ1v) is 8.42. The second-order valence-corrected chi connectivity index (χ2v) is 6.45. The van der Waals surface area contributed by atoms with Gasteiger partial charge in [-0.1, -0.05) is 66.7 Å². The van der Waals surface area contributed by atoms with E-state index in [9.17, 15) is 0 Å². The summed E-state index contributed by atoms with van der Waals surface area (Å²) in [5, 5.41) is 1.20. The number of rotatable bonds is 2. The lowest BCUT2D eigenvalue weighted by atomic mass is 9.97. The molecule has 0 radical (unpaired) electrons. The Morgan fingerprint density at radius 2 is 1.54 bits per heavy atom. The van der Waals surface area contributed by atoms with Crippen LogP contribution < -0.4 is 0 Å². The van der Waals surface area contributed by atoms with E-state index in [0.717, 1.165) is 24.1 Å². The highest BCUT2D eigenvalue weighted by atomic mass is 14.7. The Balaban J connectivity index is 1.56. The van der Waals surface area contributed by atoms with Crippen molar-refractivity contribution in [3.05, 3.63) is 101 Å². The van der Waals surface area contributed by atoms with Crippen LogP contribution >= 0.6 is 0 Å². The summed E-state index contributed by atoms with van der Waals surface area (Å²) >= 11 is 0. The van der Waals surface area contributed by atoms with Gasteiger partial charge in [0.15, 0.2) is 0 Å². The smallest absolute Gasteiger partial charge is 0.0705 e. The van der Waals surface area contributed by atoms with E-state index in [4.69, 9.17) is 4.98 Å². The second-order valence-electron chi connectivity index (χ2n) is 6.45. The molecule has 0 amide bonds. The van der Waals surface area contributed by atoms with Gasteiger partial charge in [0.2, 0.25) is 0 Å². The van der Waals surface area contributed by atoms with Crippen molar-refractivity contribution < 1.29 is 0 Å². The van der Waals surface area contributed by atoms with E-state index in [0.29, 0.717) is 0 Å². The number of pyridine rings is 1. The van der Waals surface area contributed by atoms with E-state index >= 15 is 0 Å². The third-order valence-corrected chi connectivity index (χ3v) is 4.98. The van der Waals surface area contributed by atoms with Crippen molar-refractivity contribution in [1.29, 1.82) is 0 Å². The summed E-state index contributed by atoms with van der Waals surface area (Å²) in [5.41, 5.74) is 9.29. The van der Waals surface area contributed by atoms with Crippen molar-refractivity contribution in [2.45, 2.75) is 12.8 Å². The summed E-state index contributed by atoms with van der Waals surface area (Å²) in [6.45, 7) is 0. The highest BCUT2D eigenvalue weighted by Gasteiger charge is 2.20. The standard InChI is InChI=1S/C23H17N/c1-3-9-20-18(7-1)15-22-17(8-5-10-21(20)22)14-19-13-12-16-6-2-4-11-23(16)24-19/h1-13H,14-15H2. The topological polar surface area (TPSA) is 12.9 Å². The fraction of sp³-hybridized carbons (Fsp3) is 0.0870. The normalized spacial score (nSPS) is 12.2. The largest absolute Gasteiger partial charge is 0.252 e. The fourth-order valence-electron chi connectivity index (χ4n) is 3.79. The molecule has 0 aliphatic heterocycles. The molecule has 0 saturated carbocycles. The third kappa shape index (κ3) is 2.13. The zero-order chi connectivity index (χ0) is 15.9. The molecule has 1 nitrogen and oxygen atoms in total. The van der Waals surface area contributed by atoms with Gasteiger partial charge in [-0.05, 0) is 46.4 Å². The van der Waals surface area contributed by atoms with Crippen molar-refractivity contribution >= 4 is 10.9 Å². The van der Waals surface area contributed by atoms with E-state index in [2.05, 4.69) is 78.9 Å². The maximum absolute atomic E-state index is 4.85. The maximum Gasteiger partial charge on any atom is 0.0705 e. The van der Waals surface area contributed by atoms with E-state index in [1.165, 1.54) is 33.2 Å². The van der Waals surface area contributed by atoms with Crippen molar-refractivity contribution in [2.75, 3.05) is 0 Å². The van der Waals surface area contributed by atoms with Gasteiger partial charge in [-0.3, -0.25) is 4.98 Å². The van der Waals surface area contributed by atoms with Crippen molar-refractivity contribution in [3.63, 3.8) is 0 Å². The van der Waals surface area contributed by atoms with Crippen LogP contribution in [0.1, 0.15) is 22.4 Å². The molecule has 3 aromatic carbocycles. The van der Waals surface area contributed by atoms with Crippen LogP contribution in [0.4, 0.5) is 0 Å². The minimum absolute atomic E-state index is 0.891. The Labute approximate surface area is 141 Å². The molecule has 4 aromatic rings. The summed E-state index contributed by atoms with van der Waals surface area (Å²) in [4.78, 5) is 4.85. The van der Waals surface area contributed by atoms with Gasteiger partial charge in [0.25, 0.3) is 0 Å². The Morgan fingerprint density at radius 1 is 0.708 bits per heavy atom. The molecule has 0 unspecified atom stereocenters. The molecule has 1 heteroatoms. The highest BCUT2D eigenvalue weighted by molar-refractivity contribution is 5.79. The number of nitrogens with zero attached hydrogens (tertiary/aromatic N) is 1. The van der Waals surface area contributed by atoms with Gasteiger partial charge in [-0.2, -0.15) is 0 Å². The van der Waals surface area contributed by atoms with Crippen LogP contribution in [0.2, 0.25) is 0 Å². The molecule has 114 valence electrons. The van der Waals surface area contributed by atoms with Gasteiger partial charge >= 0.3 is 0 Å². The summed E-state index contributed by atoms with van der Waals surface area (Å²) in [6.07, 6.45) is 1.93. The molecule has 1 aromatic heterocycles. The average molecular weight is 307 g/mol. The summed E-state index contributed by atoms with van der Waals surface area (Å²) in [6, 6.07) is 28.1. The first-order chi connectivity index (χ1) is 11.9. The maximum atomic E-state index is 4.85. The average Bonchev–Trinajstić information content (AvgIpc) is 3.02. The monoisotopic (exact) mass is 307 g/mol. The number of para-hydroxylation sites is 1. The molecule has 1 heterocycles. The van der Waals surface area contributed by atoms with Gasteiger partial charge in [0, 0.05) is 17.5 Å². The van der Waals surface area contributed by atoms with Crippen molar-refractivity contribution in [3.8, 4) is 11.1 Å². The van der Waals surface area contributed by atoms with Gasteiger partial charge < -0.3 is 0 Å². The van der Waals surface area contributed by atoms with Gasteiger partial charge in [-0.25, -0.2) is 0 Å². The number of hydrogen-bond donors (Lipinski definition) is 0. The minimum atomic E-state index is 0.891. The minimum Gasteiger partial charge on any atom is -0.252 e. The van der Waals surface area contributed by atoms with Crippen LogP contribution in [-0.4, -0.2) is 4.98 Å². The van der Waals surface area contributed by atoms with Crippen LogP contribution in [-0.2, 0) is 12.8 Å². The van der Waals surface area contributed by atoms with Crippen LogP contribution in [0.3, 0.4) is 0 Å². The zero-order valence-electron chi connectivity index (χ0n) is 13.4. The summed E-state index contributed by atoms with van der Waals surface area (Å²) in [7, 11) is 0. The van der Waals surface area contributed by atoms with Crippen molar-refractivity contribution in [2.24, 2.45) is 0 Å². The molecular weight excluding hydrogens is 290 g/mol. The lowest BCUT2D eigenvalue weighted by molar-refractivity contribution is 1.07. The first-order valence-electron chi connectivity index (χ1n) is 8.42. The summed E-state index contributed by atoms with van der Waals surface area (Å²) < 4.78 is 0. The molecule has 5 rings (SSSR count). The molecule has 0 spiro atoms. The molecule has 0 bridgehead atoms. The van der Waals surface area contributed by atoms with Crippen LogP contribution in [0.25, 0.3) is 22.0 Å².